The van der Waals surface area contributed by atoms with Crippen molar-refractivity contribution in [3.05, 3.63) is 12.2 Å². The summed E-state index contributed by atoms with van der Waals surface area (Å²) in [6, 6.07) is -0.805. The molecule has 1 saturated heterocycles. The molecule has 1 heterocycles. The molecule has 1 rings (SSSR count). The number of aliphatic hydroxyl groups is 5. The molecule has 0 aromatic rings. The van der Waals surface area contributed by atoms with E-state index >= 15 is 0 Å². The summed E-state index contributed by atoms with van der Waals surface area (Å²) in [6.45, 7) is 4.42. The highest BCUT2D eigenvalue weighted by molar-refractivity contribution is 5.76. The number of hydrogen-bond donors (Lipinski definition) is 6. The van der Waals surface area contributed by atoms with Crippen molar-refractivity contribution >= 4 is 11.9 Å². The average Bonchev–Trinajstić information content (AvgIpc) is 0.831. The summed E-state index contributed by atoms with van der Waals surface area (Å²) >= 11 is 0. The zero-order valence-corrected chi connectivity index (χ0v) is 65.3. The number of amides is 1. The molecule has 1 aliphatic heterocycles. The molecule has 11 heteroatoms. The highest BCUT2D eigenvalue weighted by Gasteiger charge is 2.44. The van der Waals surface area contributed by atoms with E-state index in [-0.39, 0.29) is 18.5 Å². The van der Waals surface area contributed by atoms with Crippen molar-refractivity contribution in [1.29, 1.82) is 0 Å². The van der Waals surface area contributed by atoms with Crippen molar-refractivity contribution in [2.45, 2.75) is 513 Å². The van der Waals surface area contributed by atoms with Crippen molar-refractivity contribution in [2.75, 3.05) is 19.8 Å². The fraction of sp³-hybridized carbons (Fsp3) is 0.954. The van der Waals surface area contributed by atoms with E-state index in [1.54, 1.807) is 6.08 Å². The van der Waals surface area contributed by atoms with Gasteiger partial charge in [0.2, 0.25) is 5.91 Å². The SMILES string of the molecule is CCCCCCCCCCCCC/C=C/C(O)C(COC1OC(CO)C(O)C(O)C1O)NC(=O)CCCCCCCCCCCCCCCCCCCCCCCCCCCCCCCCCCCCCCCCCOC(=O)CCCCCCCCCCCCCCCCCCCC. The Morgan fingerprint density at radius 2 is 0.643 bits per heavy atom. The quantitative estimate of drug-likeness (QED) is 0.0195. The molecule has 6 N–H and O–H groups in total. The van der Waals surface area contributed by atoms with Gasteiger partial charge in [0.05, 0.1) is 32.0 Å². The first-order valence-electron chi connectivity index (χ1n) is 44.0. The normalized spacial score (nSPS) is 17.2. The predicted molar refractivity (Wildman–Crippen MR) is 417 cm³/mol. The molecule has 0 radical (unpaired) electrons. The molecule has 0 spiro atoms. The first-order valence-corrected chi connectivity index (χ1v) is 44.0. The van der Waals surface area contributed by atoms with Gasteiger partial charge < -0.3 is 45.1 Å². The second-order valence-electron chi connectivity index (χ2n) is 31.0. The van der Waals surface area contributed by atoms with E-state index in [4.69, 9.17) is 14.2 Å². The van der Waals surface area contributed by atoms with Crippen LogP contribution in [-0.4, -0.2) is 100 Å². The monoisotopic (exact) mass is 1390 g/mol. The zero-order valence-electron chi connectivity index (χ0n) is 65.3. The summed E-state index contributed by atoms with van der Waals surface area (Å²) in [5.74, 6) is -0.148. The zero-order chi connectivity index (χ0) is 70.8. The fourth-order valence-corrected chi connectivity index (χ4v) is 14.6. The predicted octanol–water partition coefficient (Wildman–Crippen LogP) is 24.5. The van der Waals surface area contributed by atoms with Gasteiger partial charge in [-0.15, -0.1) is 0 Å². The van der Waals surface area contributed by atoms with Crippen molar-refractivity contribution in [3.63, 3.8) is 0 Å². The highest BCUT2D eigenvalue weighted by Crippen LogP contribution is 2.25. The Morgan fingerprint density at radius 3 is 0.949 bits per heavy atom. The third kappa shape index (κ3) is 64.0. The average molecular weight is 1390 g/mol. The van der Waals surface area contributed by atoms with Crippen LogP contribution in [0.3, 0.4) is 0 Å². The summed E-state index contributed by atoms with van der Waals surface area (Å²) in [5.41, 5.74) is 0. The number of nitrogens with one attached hydrogen (secondary N) is 1. The first kappa shape index (κ1) is 94.4. The highest BCUT2D eigenvalue weighted by atomic mass is 16.7. The number of unbranched alkanes of at least 4 members (excludes halogenated alkanes) is 66. The maximum atomic E-state index is 13.1. The lowest BCUT2D eigenvalue weighted by molar-refractivity contribution is -0.302. The molecule has 582 valence electrons. The minimum Gasteiger partial charge on any atom is -0.466 e. The smallest absolute Gasteiger partial charge is 0.305 e. The van der Waals surface area contributed by atoms with Gasteiger partial charge in [-0.25, -0.2) is 0 Å². The maximum Gasteiger partial charge on any atom is 0.305 e. The van der Waals surface area contributed by atoms with Crippen LogP contribution in [0.15, 0.2) is 12.2 Å². The van der Waals surface area contributed by atoms with Crippen LogP contribution in [0.5, 0.6) is 0 Å². The van der Waals surface area contributed by atoms with E-state index < -0.39 is 49.5 Å². The number of aliphatic hydroxyl groups excluding tert-OH is 5. The molecule has 0 saturated carbocycles. The second-order valence-corrected chi connectivity index (χ2v) is 31.0. The molecule has 1 aliphatic rings. The number of rotatable bonds is 80. The molecule has 0 bridgehead atoms. The minimum absolute atomic E-state index is 0.0242. The summed E-state index contributed by atoms with van der Waals surface area (Å²) < 4.78 is 16.8. The molecule has 7 unspecified atom stereocenters. The number of esters is 1. The molecular formula is C87H169NO10. The Kier molecular flexibility index (Phi) is 73.7. The number of hydrogen-bond acceptors (Lipinski definition) is 10. The van der Waals surface area contributed by atoms with Gasteiger partial charge >= 0.3 is 5.97 Å². The maximum absolute atomic E-state index is 13.1. The summed E-state index contributed by atoms with van der Waals surface area (Å²) in [4.78, 5) is 25.2. The van der Waals surface area contributed by atoms with Gasteiger partial charge in [-0.3, -0.25) is 9.59 Å². The van der Waals surface area contributed by atoms with Gasteiger partial charge in [-0.2, -0.15) is 0 Å². The Morgan fingerprint density at radius 1 is 0.367 bits per heavy atom. The lowest BCUT2D eigenvalue weighted by Gasteiger charge is -2.40. The number of ether oxygens (including phenoxy) is 3. The van der Waals surface area contributed by atoms with Crippen LogP contribution in [0.1, 0.15) is 470 Å². The van der Waals surface area contributed by atoms with Crippen LogP contribution in [-0.2, 0) is 23.8 Å². The van der Waals surface area contributed by atoms with Crippen LogP contribution in [0, 0.1) is 0 Å². The fourth-order valence-electron chi connectivity index (χ4n) is 14.6. The molecule has 0 aromatic heterocycles. The number of carbonyl (C=O) groups excluding carboxylic acids is 2. The summed E-state index contributed by atoms with van der Waals surface area (Å²) in [7, 11) is 0. The lowest BCUT2D eigenvalue weighted by atomic mass is 9.99. The molecule has 1 fully saturated rings. The van der Waals surface area contributed by atoms with Crippen LogP contribution >= 0.6 is 0 Å². The van der Waals surface area contributed by atoms with E-state index in [9.17, 15) is 35.1 Å². The first-order chi connectivity index (χ1) is 48.2. The molecule has 7 atom stereocenters. The van der Waals surface area contributed by atoms with Crippen LogP contribution < -0.4 is 5.32 Å². The van der Waals surface area contributed by atoms with Gasteiger partial charge in [-0.1, -0.05) is 437 Å². The number of carbonyl (C=O) groups is 2. The Balaban J connectivity index is 1.84. The molecule has 1 amide bonds. The van der Waals surface area contributed by atoms with Crippen molar-refractivity contribution in [2.24, 2.45) is 0 Å². The summed E-state index contributed by atoms with van der Waals surface area (Å²) in [6.07, 6.45) is 88.5. The molecule has 0 aromatic carbocycles. The molecule has 11 nitrogen and oxygen atoms in total. The van der Waals surface area contributed by atoms with E-state index in [2.05, 4.69) is 19.2 Å². The minimum atomic E-state index is -1.57. The van der Waals surface area contributed by atoms with Gasteiger partial charge in [-0.05, 0) is 32.1 Å². The van der Waals surface area contributed by atoms with Gasteiger partial charge in [0.1, 0.15) is 24.4 Å². The molecule has 0 aliphatic carbocycles. The molecular weight excluding hydrogens is 1220 g/mol. The topological polar surface area (TPSA) is 175 Å². The van der Waals surface area contributed by atoms with Gasteiger partial charge in [0.15, 0.2) is 6.29 Å². The van der Waals surface area contributed by atoms with E-state index in [1.165, 1.54) is 392 Å². The van der Waals surface area contributed by atoms with Crippen LogP contribution in [0.2, 0.25) is 0 Å². The molecule has 98 heavy (non-hydrogen) atoms. The Labute approximate surface area is 608 Å². The Hall–Kier alpha value is -1.60. The van der Waals surface area contributed by atoms with E-state index in [0.29, 0.717) is 19.4 Å². The lowest BCUT2D eigenvalue weighted by Crippen LogP contribution is -2.60. The Bertz CT molecular complexity index is 1630. The van der Waals surface area contributed by atoms with E-state index in [1.807, 2.05) is 6.08 Å². The largest absolute Gasteiger partial charge is 0.466 e. The van der Waals surface area contributed by atoms with E-state index in [0.717, 1.165) is 51.4 Å². The van der Waals surface area contributed by atoms with Crippen molar-refractivity contribution in [1.82, 2.24) is 5.32 Å². The third-order valence-corrected chi connectivity index (χ3v) is 21.4. The van der Waals surface area contributed by atoms with Gasteiger partial charge in [0, 0.05) is 12.8 Å². The standard InChI is InChI=1S/C87H169NO10/c1-3-5-7-9-11-13-15-17-18-19-44-47-51-55-59-63-67-71-75-83(92)96-76-72-68-64-60-56-52-48-45-42-40-38-36-34-32-30-28-26-24-22-20-21-23-25-27-29-31-33-35-37-39-41-43-46-50-54-58-62-66-70-74-82(91)88-79(78-97-87-86(95)85(94)84(93)81(77-89)98-87)80(90)73-69-65-61-57-53-49-16-14-12-10-8-6-4-2/h69,73,79-81,84-87,89-90,93-95H,3-68,70-72,74-78H2,1-2H3,(H,88,91)/b73-69+. The summed E-state index contributed by atoms with van der Waals surface area (Å²) in [5, 5.41) is 54.6. The number of allylic oxidation sites excluding steroid dienone is 1. The van der Waals surface area contributed by atoms with Crippen molar-refractivity contribution in [3.8, 4) is 0 Å². The van der Waals surface area contributed by atoms with Crippen LogP contribution in [0.4, 0.5) is 0 Å². The van der Waals surface area contributed by atoms with Crippen LogP contribution in [0.25, 0.3) is 0 Å². The second kappa shape index (κ2) is 76.5. The van der Waals surface area contributed by atoms with Gasteiger partial charge in [0.25, 0.3) is 0 Å². The third-order valence-electron chi connectivity index (χ3n) is 21.4. The van der Waals surface area contributed by atoms with Crippen molar-refractivity contribution < 1.29 is 49.3 Å².